The summed E-state index contributed by atoms with van der Waals surface area (Å²) in [6, 6.07) is 0.719. The van der Waals surface area contributed by atoms with Crippen molar-refractivity contribution in [1.29, 1.82) is 0 Å². The lowest BCUT2D eigenvalue weighted by atomic mass is 10.2. The van der Waals surface area contributed by atoms with Crippen molar-refractivity contribution >= 4 is 0 Å². The number of nitrogens with zero attached hydrogens (tertiary/aromatic N) is 3. The summed E-state index contributed by atoms with van der Waals surface area (Å²) in [5.41, 5.74) is 0. The van der Waals surface area contributed by atoms with E-state index in [9.17, 15) is 0 Å². The van der Waals surface area contributed by atoms with Gasteiger partial charge in [-0.1, -0.05) is 0 Å². The van der Waals surface area contributed by atoms with Gasteiger partial charge in [-0.05, 0) is 52.9 Å². The van der Waals surface area contributed by atoms with E-state index >= 15 is 0 Å². The topological polar surface area (TPSA) is 35.2 Å². The van der Waals surface area contributed by atoms with E-state index in [1.807, 2.05) is 12.4 Å². The van der Waals surface area contributed by atoms with Gasteiger partial charge < -0.3 is 9.88 Å². The molecule has 2 rings (SSSR count). The van der Waals surface area contributed by atoms with E-state index in [0.29, 0.717) is 0 Å². The zero-order valence-electron chi connectivity index (χ0n) is 11.0. The minimum atomic E-state index is 0.719. The third-order valence-electron chi connectivity index (χ3n) is 3.67. The average molecular weight is 236 g/mol. The zero-order valence-corrected chi connectivity index (χ0v) is 11.0. The number of aromatic nitrogens is 2. The molecule has 0 spiro atoms. The normalized spacial score (nSPS) is 19.0. The van der Waals surface area contributed by atoms with Crippen LogP contribution < -0.4 is 0 Å². The van der Waals surface area contributed by atoms with Gasteiger partial charge >= 0.3 is 0 Å². The summed E-state index contributed by atoms with van der Waals surface area (Å²) in [5.74, 6) is 1.06. The Bertz CT molecular complexity index is 303. The third-order valence-corrected chi connectivity index (χ3v) is 3.67. The number of aromatic amines is 1. The van der Waals surface area contributed by atoms with Crippen LogP contribution in [-0.2, 0) is 6.54 Å². The van der Waals surface area contributed by atoms with E-state index in [4.69, 9.17) is 0 Å². The highest BCUT2D eigenvalue weighted by Gasteiger charge is 2.18. The van der Waals surface area contributed by atoms with Crippen LogP contribution in [0.25, 0.3) is 0 Å². The summed E-state index contributed by atoms with van der Waals surface area (Å²) < 4.78 is 0. The van der Waals surface area contributed by atoms with Crippen molar-refractivity contribution in [2.75, 3.05) is 26.7 Å². The molecule has 1 atom stereocenters. The fourth-order valence-corrected chi connectivity index (χ4v) is 2.49. The molecule has 1 N–H and O–H groups in total. The van der Waals surface area contributed by atoms with Crippen molar-refractivity contribution in [2.24, 2.45) is 0 Å². The minimum absolute atomic E-state index is 0.719. The molecule has 0 aromatic carbocycles. The number of likely N-dealkylation sites (tertiary alicyclic amines) is 1. The molecule has 1 aromatic rings. The molecule has 96 valence electrons. The van der Waals surface area contributed by atoms with Gasteiger partial charge in [0.15, 0.2) is 0 Å². The summed E-state index contributed by atoms with van der Waals surface area (Å²) in [5, 5.41) is 0. The number of rotatable bonds is 6. The van der Waals surface area contributed by atoms with Gasteiger partial charge in [0.1, 0.15) is 5.82 Å². The molecular weight excluding hydrogens is 212 g/mol. The molecule has 0 radical (unpaired) electrons. The highest BCUT2D eigenvalue weighted by Crippen LogP contribution is 2.14. The van der Waals surface area contributed by atoms with Gasteiger partial charge in [-0.3, -0.25) is 4.90 Å². The quantitative estimate of drug-likeness (QED) is 0.817. The maximum atomic E-state index is 4.25. The first-order valence-electron chi connectivity index (χ1n) is 6.66. The molecule has 4 nitrogen and oxygen atoms in total. The molecule has 0 unspecified atom stereocenters. The van der Waals surface area contributed by atoms with Crippen molar-refractivity contribution in [1.82, 2.24) is 19.8 Å². The van der Waals surface area contributed by atoms with Crippen LogP contribution in [0.4, 0.5) is 0 Å². The van der Waals surface area contributed by atoms with Gasteiger partial charge in [-0.2, -0.15) is 0 Å². The van der Waals surface area contributed by atoms with Crippen LogP contribution in [0.15, 0.2) is 12.4 Å². The number of hydrogen-bond acceptors (Lipinski definition) is 3. The SMILES string of the molecule is C[C@H](CCN(C)Cc1ncc[nH]1)N1CCCC1. The molecule has 1 aromatic heterocycles. The van der Waals surface area contributed by atoms with Crippen LogP contribution in [0.1, 0.15) is 32.0 Å². The van der Waals surface area contributed by atoms with Gasteiger partial charge in [0.25, 0.3) is 0 Å². The molecule has 0 saturated carbocycles. The van der Waals surface area contributed by atoms with E-state index in [1.165, 1.54) is 32.4 Å². The van der Waals surface area contributed by atoms with Gasteiger partial charge in [0, 0.05) is 18.4 Å². The maximum absolute atomic E-state index is 4.25. The Morgan fingerprint density at radius 1 is 1.47 bits per heavy atom. The molecule has 0 bridgehead atoms. The van der Waals surface area contributed by atoms with Crippen LogP contribution in [-0.4, -0.2) is 52.5 Å². The summed E-state index contributed by atoms with van der Waals surface area (Å²) >= 11 is 0. The average Bonchev–Trinajstić information content (AvgIpc) is 2.97. The molecular formula is C13H24N4. The summed E-state index contributed by atoms with van der Waals surface area (Å²) in [6.07, 6.45) is 7.71. The molecule has 1 aliphatic rings. The highest BCUT2D eigenvalue weighted by atomic mass is 15.2. The largest absolute Gasteiger partial charge is 0.348 e. The van der Waals surface area contributed by atoms with Crippen LogP contribution in [0, 0.1) is 0 Å². The fourth-order valence-electron chi connectivity index (χ4n) is 2.49. The fraction of sp³-hybridized carbons (Fsp3) is 0.769. The minimum Gasteiger partial charge on any atom is -0.348 e. The Balaban J connectivity index is 1.66. The summed E-state index contributed by atoms with van der Waals surface area (Å²) in [6.45, 7) is 7.00. The number of hydrogen-bond donors (Lipinski definition) is 1. The van der Waals surface area contributed by atoms with Crippen LogP contribution in [0.2, 0.25) is 0 Å². The molecule has 1 fully saturated rings. The Kier molecular flexibility index (Phi) is 4.57. The maximum Gasteiger partial charge on any atom is 0.120 e. The van der Waals surface area contributed by atoms with Gasteiger partial charge in [-0.15, -0.1) is 0 Å². The van der Waals surface area contributed by atoms with E-state index in [2.05, 4.69) is 33.7 Å². The van der Waals surface area contributed by atoms with Crippen LogP contribution in [0.3, 0.4) is 0 Å². The second-order valence-electron chi connectivity index (χ2n) is 5.15. The second-order valence-corrected chi connectivity index (χ2v) is 5.15. The molecule has 4 heteroatoms. The smallest absolute Gasteiger partial charge is 0.120 e. The molecule has 0 amide bonds. The van der Waals surface area contributed by atoms with Crippen molar-refractivity contribution in [3.05, 3.63) is 18.2 Å². The van der Waals surface area contributed by atoms with Crippen molar-refractivity contribution in [2.45, 2.75) is 38.8 Å². The van der Waals surface area contributed by atoms with E-state index in [-0.39, 0.29) is 0 Å². The molecule has 17 heavy (non-hydrogen) atoms. The Hall–Kier alpha value is -0.870. The number of H-pyrrole nitrogens is 1. The number of nitrogens with one attached hydrogen (secondary N) is 1. The summed E-state index contributed by atoms with van der Waals surface area (Å²) in [7, 11) is 2.17. The third kappa shape index (κ3) is 3.82. The van der Waals surface area contributed by atoms with Crippen molar-refractivity contribution < 1.29 is 0 Å². The van der Waals surface area contributed by atoms with Crippen molar-refractivity contribution in [3.63, 3.8) is 0 Å². The standard InChI is InChI=1S/C13H24N4/c1-12(17-8-3-4-9-17)5-10-16(2)11-13-14-6-7-15-13/h6-7,12H,3-5,8-11H2,1-2H3,(H,14,15)/t12-/m1/s1. The first-order chi connectivity index (χ1) is 8.25. The second kappa shape index (κ2) is 6.17. The first-order valence-corrected chi connectivity index (χ1v) is 6.66. The van der Waals surface area contributed by atoms with E-state index in [1.54, 1.807) is 0 Å². The van der Waals surface area contributed by atoms with Gasteiger partial charge in [-0.25, -0.2) is 4.98 Å². The van der Waals surface area contributed by atoms with Gasteiger partial charge in [0.05, 0.1) is 6.54 Å². The lowest BCUT2D eigenvalue weighted by Gasteiger charge is -2.25. The highest BCUT2D eigenvalue weighted by molar-refractivity contribution is 4.86. The first kappa shape index (κ1) is 12.6. The van der Waals surface area contributed by atoms with Crippen molar-refractivity contribution in [3.8, 4) is 0 Å². The molecule has 2 heterocycles. The van der Waals surface area contributed by atoms with Crippen LogP contribution >= 0.6 is 0 Å². The van der Waals surface area contributed by atoms with E-state index < -0.39 is 0 Å². The van der Waals surface area contributed by atoms with E-state index in [0.717, 1.165) is 25.0 Å². The monoisotopic (exact) mass is 236 g/mol. The Morgan fingerprint density at radius 3 is 2.88 bits per heavy atom. The predicted octanol–water partition coefficient (Wildman–Crippen LogP) is 1.72. The zero-order chi connectivity index (χ0) is 12.1. The Labute approximate surface area is 104 Å². The lowest BCUT2D eigenvalue weighted by Crippen LogP contribution is -2.33. The summed E-state index contributed by atoms with van der Waals surface area (Å²) in [4.78, 5) is 12.4. The molecule has 1 saturated heterocycles. The molecule has 1 aliphatic heterocycles. The lowest BCUT2D eigenvalue weighted by molar-refractivity contribution is 0.214. The predicted molar refractivity (Wildman–Crippen MR) is 69.8 cm³/mol. The molecule has 0 aliphatic carbocycles. The Morgan fingerprint density at radius 2 is 2.24 bits per heavy atom. The van der Waals surface area contributed by atoms with Gasteiger partial charge in [0.2, 0.25) is 0 Å². The number of imidazole rings is 1. The van der Waals surface area contributed by atoms with Crippen LogP contribution in [0.5, 0.6) is 0 Å².